The third kappa shape index (κ3) is 4.21. The fourth-order valence-corrected chi connectivity index (χ4v) is 4.80. The molecule has 0 bridgehead atoms. The van der Waals surface area contributed by atoms with Crippen LogP contribution in [0, 0.1) is 0 Å². The lowest BCUT2D eigenvalue weighted by molar-refractivity contribution is 0.188. The quantitative estimate of drug-likeness (QED) is 0.400. The Morgan fingerprint density at radius 3 is 2.19 bits per heavy atom. The molecule has 2 aromatic carbocycles. The van der Waals surface area contributed by atoms with Crippen molar-refractivity contribution in [1.82, 2.24) is 29.5 Å². The molecule has 0 amide bonds. The van der Waals surface area contributed by atoms with Gasteiger partial charge >= 0.3 is 0 Å². The van der Waals surface area contributed by atoms with Gasteiger partial charge in [0.15, 0.2) is 5.65 Å². The molecule has 0 atom stereocenters. The van der Waals surface area contributed by atoms with Gasteiger partial charge in [0.05, 0.1) is 24.1 Å². The number of anilines is 1. The summed E-state index contributed by atoms with van der Waals surface area (Å²) in [4.78, 5) is 18.7. The van der Waals surface area contributed by atoms with Crippen LogP contribution in [0.4, 0.5) is 5.82 Å². The van der Waals surface area contributed by atoms with Crippen LogP contribution in [0.3, 0.4) is 0 Å². The van der Waals surface area contributed by atoms with Crippen molar-refractivity contribution in [2.24, 2.45) is 0 Å². The molecule has 3 aromatic heterocycles. The Hall–Kier alpha value is -4.14. The summed E-state index contributed by atoms with van der Waals surface area (Å²) in [6, 6.07) is 22.6. The Labute approximate surface area is 209 Å². The van der Waals surface area contributed by atoms with Gasteiger partial charge in [-0.3, -0.25) is 14.9 Å². The predicted octanol–water partition coefficient (Wildman–Crippen LogP) is 3.63. The summed E-state index contributed by atoms with van der Waals surface area (Å²) in [5.41, 5.74) is 6.18. The van der Waals surface area contributed by atoms with Crippen molar-refractivity contribution < 1.29 is 5.11 Å². The Balaban J connectivity index is 1.59. The summed E-state index contributed by atoms with van der Waals surface area (Å²) in [7, 11) is 0. The average molecular weight is 478 g/mol. The molecule has 0 radical (unpaired) electrons. The SMILES string of the molecule is OCCN1CCN(c2cc(-c3ccccc3)nc3c(-c4ccccc4)c(-c4cnccn4)nn23)CC1. The van der Waals surface area contributed by atoms with Gasteiger partial charge in [-0.25, -0.2) is 4.98 Å². The molecule has 0 unspecified atom stereocenters. The van der Waals surface area contributed by atoms with E-state index in [2.05, 4.69) is 50.1 Å². The first-order valence-corrected chi connectivity index (χ1v) is 12.2. The summed E-state index contributed by atoms with van der Waals surface area (Å²) >= 11 is 0. The maximum atomic E-state index is 9.37. The van der Waals surface area contributed by atoms with Crippen LogP contribution in [-0.2, 0) is 0 Å². The number of aromatic nitrogens is 5. The number of hydrogen-bond donors (Lipinski definition) is 1. The number of fused-ring (bicyclic) bond motifs is 1. The van der Waals surface area contributed by atoms with Crippen LogP contribution >= 0.6 is 0 Å². The second-order valence-electron chi connectivity index (χ2n) is 8.83. The predicted molar refractivity (Wildman–Crippen MR) is 141 cm³/mol. The molecule has 36 heavy (non-hydrogen) atoms. The third-order valence-corrected chi connectivity index (χ3v) is 6.62. The minimum Gasteiger partial charge on any atom is -0.395 e. The molecular weight excluding hydrogens is 450 g/mol. The molecule has 0 aliphatic carbocycles. The van der Waals surface area contributed by atoms with Gasteiger partial charge in [0, 0.05) is 56.7 Å². The number of rotatable bonds is 6. The van der Waals surface area contributed by atoms with Crippen molar-refractivity contribution in [1.29, 1.82) is 0 Å². The summed E-state index contributed by atoms with van der Waals surface area (Å²) in [6.45, 7) is 4.33. The van der Waals surface area contributed by atoms with Crippen LogP contribution in [0.5, 0.6) is 0 Å². The van der Waals surface area contributed by atoms with Crippen molar-refractivity contribution in [2.75, 3.05) is 44.2 Å². The van der Waals surface area contributed by atoms with Crippen molar-refractivity contribution in [3.8, 4) is 33.8 Å². The van der Waals surface area contributed by atoms with E-state index in [4.69, 9.17) is 10.1 Å². The molecule has 1 aliphatic heterocycles. The molecule has 5 aromatic rings. The lowest BCUT2D eigenvalue weighted by atomic mass is 10.0. The van der Waals surface area contributed by atoms with Gasteiger partial charge in [-0.2, -0.15) is 9.61 Å². The van der Waals surface area contributed by atoms with Gasteiger partial charge in [-0.05, 0) is 5.56 Å². The second-order valence-corrected chi connectivity index (χ2v) is 8.83. The molecule has 1 fully saturated rings. The van der Waals surface area contributed by atoms with E-state index in [-0.39, 0.29) is 6.61 Å². The molecule has 0 saturated carbocycles. The monoisotopic (exact) mass is 477 g/mol. The lowest BCUT2D eigenvalue weighted by Gasteiger charge is -2.35. The summed E-state index contributed by atoms with van der Waals surface area (Å²) < 4.78 is 1.96. The standard InChI is InChI=1S/C28H27N7O/c36-18-17-33-13-15-34(16-14-33)25-19-23(21-7-3-1-4-8-21)31-28-26(22-9-5-2-6-10-22)27(32-35(25)28)24-20-29-11-12-30-24/h1-12,19-20,36H,13-18H2. The zero-order valence-electron chi connectivity index (χ0n) is 19.9. The van der Waals surface area contributed by atoms with E-state index < -0.39 is 0 Å². The smallest absolute Gasteiger partial charge is 0.166 e. The summed E-state index contributed by atoms with van der Waals surface area (Å²) in [5.74, 6) is 0.995. The average Bonchev–Trinajstić information content (AvgIpc) is 3.34. The molecule has 1 saturated heterocycles. The van der Waals surface area contributed by atoms with Crippen molar-refractivity contribution >= 4 is 11.5 Å². The van der Waals surface area contributed by atoms with Gasteiger partial charge in [0.1, 0.15) is 17.2 Å². The molecule has 180 valence electrons. The minimum atomic E-state index is 0.179. The highest BCUT2D eigenvalue weighted by Crippen LogP contribution is 2.36. The zero-order chi connectivity index (χ0) is 24.3. The number of hydrogen-bond acceptors (Lipinski definition) is 7. The van der Waals surface area contributed by atoms with Crippen molar-refractivity contribution in [3.05, 3.63) is 85.3 Å². The topological polar surface area (TPSA) is 82.7 Å². The van der Waals surface area contributed by atoms with E-state index in [9.17, 15) is 5.11 Å². The lowest BCUT2D eigenvalue weighted by Crippen LogP contribution is -2.47. The van der Waals surface area contributed by atoms with Crippen LogP contribution in [-0.4, -0.2) is 73.9 Å². The van der Waals surface area contributed by atoms with E-state index >= 15 is 0 Å². The zero-order valence-corrected chi connectivity index (χ0v) is 19.9. The Morgan fingerprint density at radius 2 is 1.53 bits per heavy atom. The maximum absolute atomic E-state index is 9.37. The van der Waals surface area contributed by atoms with E-state index in [1.165, 1.54) is 0 Å². The first-order chi connectivity index (χ1) is 17.8. The third-order valence-electron chi connectivity index (χ3n) is 6.62. The first-order valence-electron chi connectivity index (χ1n) is 12.2. The Kier molecular flexibility index (Phi) is 6.11. The van der Waals surface area contributed by atoms with Crippen molar-refractivity contribution in [2.45, 2.75) is 0 Å². The first kappa shape index (κ1) is 22.3. The molecule has 0 spiro atoms. The highest BCUT2D eigenvalue weighted by molar-refractivity contribution is 5.91. The normalized spacial score (nSPS) is 14.4. The summed E-state index contributed by atoms with van der Waals surface area (Å²) in [5, 5.41) is 14.4. The fourth-order valence-electron chi connectivity index (χ4n) is 4.80. The molecule has 8 heteroatoms. The van der Waals surface area contributed by atoms with Crippen LogP contribution in [0.15, 0.2) is 85.3 Å². The van der Waals surface area contributed by atoms with Crippen molar-refractivity contribution in [3.63, 3.8) is 0 Å². The Bertz CT molecular complexity index is 1450. The molecule has 1 aliphatic rings. The number of piperazine rings is 1. The number of benzene rings is 2. The fraction of sp³-hybridized carbons (Fsp3) is 0.214. The van der Waals surface area contributed by atoms with E-state index in [0.717, 1.165) is 65.7 Å². The maximum Gasteiger partial charge on any atom is 0.166 e. The molecule has 4 heterocycles. The van der Waals surface area contributed by atoms with Crippen LogP contribution in [0.2, 0.25) is 0 Å². The second kappa shape index (κ2) is 9.85. The summed E-state index contributed by atoms with van der Waals surface area (Å²) in [6.07, 6.45) is 5.11. The van der Waals surface area contributed by atoms with E-state index in [1.807, 2.05) is 40.9 Å². The van der Waals surface area contributed by atoms with E-state index in [1.54, 1.807) is 18.6 Å². The molecular formula is C28H27N7O. The number of aliphatic hydroxyl groups excluding tert-OH is 1. The van der Waals surface area contributed by atoms with Gasteiger partial charge in [-0.15, -0.1) is 0 Å². The van der Waals surface area contributed by atoms with Crippen LogP contribution < -0.4 is 4.90 Å². The Morgan fingerprint density at radius 1 is 0.806 bits per heavy atom. The van der Waals surface area contributed by atoms with Gasteiger partial charge in [0.25, 0.3) is 0 Å². The van der Waals surface area contributed by atoms with Gasteiger partial charge in [-0.1, -0.05) is 60.7 Å². The van der Waals surface area contributed by atoms with Crippen LogP contribution in [0.1, 0.15) is 0 Å². The largest absolute Gasteiger partial charge is 0.395 e. The van der Waals surface area contributed by atoms with Gasteiger partial charge < -0.3 is 10.0 Å². The number of nitrogens with zero attached hydrogens (tertiary/aromatic N) is 7. The highest BCUT2D eigenvalue weighted by atomic mass is 16.3. The van der Waals surface area contributed by atoms with Crippen LogP contribution in [0.25, 0.3) is 39.4 Å². The number of β-amino-alcohol motifs (C(OH)–C–C–N with tert-alkyl or cyclic N) is 1. The van der Waals surface area contributed by atoms with E-state index in [0.29, 0.717) is 12.2 Å². The molecule has 8 nitrogen and oxygen atoms in total. The number of aliphatic hydroxyl groups is 1. The minimum absolute atomic E-state index is 0.179. The highest BCUT2D eigenvalue weighted by Gasteiger charge is 2.25. The van der Waals surface area contributed by atoms with Gasteiger partial charge in [0.2, 0.25) is 0 Å². The molecule has 1 N–H and O–H groups in total. The molecule has 6 rings (SSSR count).